The van der Waals surface area contributed by atoms with Crippen LogP contribution in [0.3, 0.4) is 0 Å². The molecule has 1 unspecified atom stereocenters. The van der Waals surface area contributed by atoms with Gasteiger partial charge < -0.3 is 0 Å². The summed E-state index contributed by atoms with van der Waals surface area (Å²) >= 11 is 0. The van der Waals surface area contributed by atoms with E-state index in [0.717, 1.165) is 6.42 Å². The molecular weight excluding hydrogens is 208 g/mol. The highest BCUT2D eigenvalue weighted by Gasteiger charge is 2.12. The zero-order chi connectivity index (χ0) is 11.9. The van der Waals surface area contributed by atoms with Crippen LogP contribution in [0.2, 0.25) is 0 Å². The Morgan fingerprint density at radius 3 is 2.81 bits per heavy atom. The normalized spacial score (nSPS) is 13.2. The van der Waals surface area contributed by atoms with E-state index in [2.05, 4.69) is 10.1 Å². The molecule has 0 bridgehead atoms. The Kier molecular flexibility index (Phi) is 2.41. The smallest absolute Gasteiger partial charge is 0.291 e. The number of hydrogen-bond acceptors (Lipinski definition) is 3. The van der Waals surface area contributed by atoms with E-state index in [9.17, 15) is 9.59 Å². The van der Waals surface area contributed by atoms with Crippen molar-refractivity contribution in [3.8, 4) is 0 Å². The molecule has 0 fully saturated rings. The Morgan fingerprint density at radius 1 is 1.50 bits per heavy atom. The largest absolute Gasteiger partial charge is 0.355 e. The van der Waals surface area contributed by atoms with Crippen molar-refractivity contribution in [1.82, 2.24) is 19.2 Å². The van der Waals surface area contributed by atoms with Gasteiger partial charge in [-0.25, -0.2) is 14.2 Å². The number of hydrogen-bond donors (Lipinski definition) is 1. The molecule has 16 heavy (non-hydrogen) atoms. The van der Waals surface area contributed by atoms with Gasteiger partial charge in [0, 0.05) is 12.1 Å². The molecule has 0 aliphatic carbocycles. The van der Waals surface area contributed by atoms with Gasteiger partial charge in [-0.3, -0.25) is 4.98 Å². The topological polar surface area (TPSA) is 72.2 Å². The molecule has 0 spiro atoms. The summed E-state index contributed by atoms with van der Waals surface area (Å²) in [6.07, 6.45) is 0.717. The second-order valence-electron chi connectivity index (χ2n) is 3.92. The van der Waals surface area contributed by atoms with Crippen LogP contribution in [0.1, 0.15) is 32.0 Å². The molecule has 0 aliphatic heterocycles. The molecule has 6 heteroatoms. The maximum atomic E-state index is 12.0. The summed E-state index contributed by atoms with van der Waals surface area (Å²) in [6, 6.07) is 1.54. The van der Waals surface area contributed by atoms with Gasteiger partial charge in [0.2, 0.25) is 0 Å². The first-order valence-electron chi connectivity index (χ1n) is 5.25. The summed E-state index contributed by atoms with van der Waals surface area (Å²) in [5, 5.41) is 4.04. The average molecular weight is 222 g/mol. The third kappa shape index (κ3) is 1.46. The highest BCUT2D eigenvalue weighted by molar-refractivity contribution is 5.36. The first-order chi connectivity index (χ1) is 7.54. The maximum Gasteiger partial charge on any atom is 0.355 e. The van der Waals surface area contributed by atoms with Gasteiger partial charge in [-0.15, -0.1) is 0 Å². The van der Waals surface area contributed by atoms with Crippen LogP contribution in [0.25, 0.3) is 5.65 Å². The second kappa shape index (κ2) is 3.62. The fourth-order valence-corrected chi connectivity index (χ4v) is 1.66. The number of aromatic amines is 1. The van der Waals surface area contributed by atoms with Crippen molar-refractivity contribution in [3.63, 3.8) is 0 Å². The number of rotatable bonds is 2. The van der Waals surface area contributed by atoms with Crippen molar-refractivity contribution in [2.45, 2.75) is 33.2 Å². The number of H-pyrrole nitrogens is 1. The van der Waals surface area contributed by atoms with E-state index in [1.165, 1.54) is 9.08 Å². The molecule has 1 atom stereocenters. The highest BCUT2D eigenvalue weighted by Crippen LogP contribution is 2.03. The van der Waals surface area contributed by atoms with Crippen molar-refractivity contribution in [2.24, 2.45) is 0 Å². The first-order valence-corrected chi connectivity index (χ1v) is 5.25. The lowest BCUT2D eigenvalue weighted by atomic mass is 10.3. The molecule has 2 aromatic heterocycles. The van der Waals surface area contributed by atoms with E-state index >= 15 is 0 Å². The zero-order valence-corrected chi connectivity index (χ0v) is 9.52. The van der Waals surface area contributed by atoms with Crippen LogP contribution in [0, 0.1) is 6.92 Å². The van der Waals surface area contributed by atoms with Gasteiger partial charge in [-0.1, -0.05) is 6.92 Å². The molecule has 0 saturated carbocycles. The lowest BCUT2D eigenvalue weighted by Crippen LogP contribution is -2.40. The van der Waals surface area contributed by atoms with Crippen LogP contribution in [0.5, 0.6) is 0 Å². The zero-order valence-electron chi connectivity index (χ0n) is 9.52. The minimum Gasteiger partial charge on any atom is -0.291 e. The van der Waals surface area contributed by atoms with Gasteiger partial charge in [-0.2, -0.15) is 9.61 Å². The van der Waals surface area contributed by atoms with Gasteiger partial charge >= 0.3 is 11.4 Å². The predicted octanol–water partition coefficient (Wildman–Crippen LogP) is 0.464. The number of aryl methyl sites for hydroxylation is 1. The van der Waals surface area contributed by atoms with Crippen molar-refractivity contribution in [2.75, 3.05) is 0 Å². The van der Waals surface area contributed by atoms with E-state index in [4.69, 9.17) is 0 Å². The molecule has 0 amide bonds. The number of nitrogens with zero attached hydrogens (tertiary/aromatic N) is 3. The Bertz CT molecular complexity index is 634. The maximum absolute atomic E-state index is 12.0. The molecule has 0 saturated heterocycles. The molecule has 1 N–H and O–H groups in total. The van der Waals surface area contributed by atoms with Gasteiger partial charge in [-0.05, 0) is 20.3 Å². The Labute approximate surface area is 91.5 Å². The SMILES string of the molecule is CCC(C)n1c(=O)[nH]c2cc(C)nn2c1=O. The Morgan fingerprint density at radius 2 is 2.19 bits per heavy atom. The van der Waals surface area contributed by atoms with Crippen LogP contribution in [-0.2, 0) is 0 Å². The van der Waals surface area contributed by atoms with Crippen molar-refractivity contribution in [1.29, 1.82) is 0 Å². The molecule has 0 aromatic carbocycles. The number of aromatic nitrogens is 4. The van der Waals surface area contributed by atoms with Crippen LogP contribution in [0.15, 0.2) is 15.7 Å². The summed E-state index contributed by atoms with van der Waals surface area (Å²) in [4.78, 5) is 26.4. The summed E-state index contributed by atoms with van der Waals surface area (Å²) in [5.41, 5.74) is 0.370. The first kappa shape index (κ1) is 10.7. The van der Waals surface area contributed by atoms with E-state index < -0.39 is 0 Å². The fraction of sp³-hybridized carbons (Fsp3) is 0.500. The second-order valence-corrected chi connectivity index (χ2v) is 3.92. The van der Waals surface area contributed by atoms with Crippen molar-refractivity contribution < 1.29 is 0 Å². The lowest BCUT2D eigenvalue weighted by Gasteiger charge is -2.10. The van der Waals surface area contributed by atoms with E-state index in [1.807, 2.05) is 13.8 Å². The highest BCUT2D eigenvalue weighted by atomic mass is 16.2. The van der Waals surface area contributed by atoms with Crippen molar-refractivity contribution >= 4 is 5.65 Å². The number of fused-ring (bicyclic) bond motifs is 1. The van der Waals surface area contributed by atoms with Crippen LogP contribution >= 0.6 is 0 Å². The monoisotopic (exact) mass is 222 g/mol. The molecule has 6 nitrogen and oxygen atoms in total. The van der Waals surface area contributed by atoms with Gasteiger partial charge in [0.15, 0.2) is 0 Å². The summed E-state index contributed by atoms with van der Waals surface area (Å²) in [7, 11) is 0. The molecule has 2 aromatic rings. The summed E-state index contributed by atoms with van der Waals surface area (Å²) in [6.45, 7) is 5.53. The summed E-state index contributed by atoms with van der Waals surface area (Å²) in [5.74, 6) is 0. The van der Waals surface area contributed by atoms with E-state index in [1.54, 1.807) is 13.0 Å². The molecular formula is C10H14N4O2. The molecule has 0 aliphatic rings. The Balaban J connectivity index is 2.85. The lowest BCUT2D eigenvalue weighted by molar-refractivity contribution is 0.469. The van der Waals surface area contributed by atoms with Gasteiger partial charge in [0.05, 0.1) is 5.69 Å². The van der Waals surface area contributed by atoms with Gasteiger partial charge in [0.1, 0.15) is 5.65 Å². The predicted molar refractivity (Wildman–Crippen MR) is 59.8 cm³/mol. The Hall–Kier alpha value is -1.85. The van der Waals surface area contributed by atoms with E-state index in [-0.39, 0.29) is 17.4 Å². The number of nitrogens with one attached hydrogen (secondary N) is 1. The quantitative estimate of drug-likeness (QED) is 0.802. The molecule has 86 valence electrons. The summed E-state index contributed by atoms with van der Waals surface area (Å²) < 4.78 is 2.42. The van der Waals surface area contributed by atoms with Crippen LogP contribution in [-0.4, -0.2) is 19.2 Å². The third-order valence-corrected chi connectivity index (χ3v) is 2.70. The average Bonchev–Trinajstić information content (AvgIpc) is 2.58. The molecule has 2 rings (SSSR count). The molecule has 0 radical (unpaired) electrons. The standard InChI is InChI=1S/C10H14N4O2/c1-4-7(3)13-9(15)11-8-5-6(2)12-14(8)10(13)16/h5,7H,4H2,1-3H3,(H,11,15). The third-order valence-electron chi connectivity index (χ3n) is 2.70. The minimum absolute atomic E-state index is 0.134. The minimum atomic E-state index is -0.388. The molecule has 2 heterocycles. The van der Waals surface area contributed by atoms with Crippen LogP contribution < -0.4 is 11.4 Å². The van der Waals surface area contributed by atoms with Gasteiger partial charge in [0.25, 0.3) is 0 Å². The fourth-order valence-electron chi connectivity index (χ4n) is 1.66. The van der Waals surface area contributed by atoms with E-state index in [0.29, 0.717) is 11.3 Å². The van der Waals surface area contributed by atoms with Crippen LogP contribution in [0.4, 0.5) is 0 Å². The van der Waals surface area contributed by atoms with Crippen molar-refractivity contribution in [3.05, 3.63) is 32.7 Å².